The second kappa shape index (κ2) is 7.16. The second-order valence-corrected chi connectivity index (χ2v) is 9.60. The number of rotatable bonds is 3. The fourth-order valence-corrected chi connectivity index (χ4v) is 5.61. The van der Waals surface area contributed by atoms with E-state index in [9.17, 15) is 21.6 Å². The van der Waals surface area contributed by atoms with Crippen LogP contribution < -0.4 is 4.90 Å². The van der Waals surface area contributed by atoms with Gasteiger partial charge in [-0.15, -0.1) is 15.3 Å². The highest BCUT2D eigenvalue weighted by Gasteiger charge is 2.38. The van der Waals surface area contributed by atoms with Gasteiger partial charge in [0.2, 0.25) is 10.0 Å². The van der Waals surface area contributed by atoms with Gasteiger partial charge in [0.15, 0.2) is 5.65 Å². The molecule has 1 aliphatic heterocycles. The molecule has 0 bridgehead atoms. The molecule has 0 unspecified atom stereocenters. The Morgan fingerprint density at radius 3 is 2.39 bits per heavy atom. The van der Waals surface area contributed by atoms with Gasteiger partial charge >= 0.3 is 6.18 Å². The summed E-state index contributed by atoms with van der Waals surface area (Å²) in [5, 5.41) is 10.7. The Morgan fingerprint density at radius 1 is 0.903 bits per heavy atom. The summed E-state index contributed by atoms with van der Waals surface area (Å²) in [6, 6.07) is 8.30. The molecule has 12 heteroatoms. The first-order chi connectivity index (χ1) is 14.7. The van der Waals surface area contributed by atoms with Crippen LogP contribution in [-0.2, 0) is 29.0 Å². The average Bonchev–Trinajstić information content (AvgIpc) is 3.39. The van der Waals surface area contributed by atoms with Gasteiger partial charge in [0.05, 0.1) is 4.90 Å². The molecular formula is C19H19F3N6O2S. The van der Waals surface area contributed by atoms with E-state index in [0.717, 1.165) is 24.8 Å². The fraction of sp³-hybridized carbons (Fsp3) is 0.421. The third-order valence-corrected chi connectivity index (χ3v) is 7.67. The number of hydrogen-bond acceptors (Lipinski definition) is 6. The zero-order valence-corrected chi connectivity index (χ0v) is 17.2. The van der Waals surface area contributed by atoms with E-state index in [-0.39, 0.29) is 18.7 Å². The first-order valence-electron chi connectivity index (χ1n) is 9.90. The number of aromatic nitrogens is 4. The van der Waals surface area contributed by atoms with Gasteiger partial charge < -0.3 is 4.90 Å². The monoisotopic (exact) mass is 452 g/mol. The highest BCUT2D eigenvalue weighted by atomic mass is 32.2. The Bertz CT molecular complexity index is 1250. The molecule has 3 heterocycles. The van der Waals surface area contributed by atoms with Crippen LogP contribution >= 0.6 is 0 Å². The highest BCUT2D eigenvalue weighted by molar-refractivity contribution is 7.89. The first kappa shape index (κ1) is 20.2. The third-order valence-electron chi connectivity index (χ3n) is 5.77. The molecular weight excluding hydrogens is 433 g/mol. The number of fused-ring (bicyclic) bond motifs is 2. The summed E-state index contributed by atoms with van der Waals surface area (Å²) in [6.07, 6.45) is -1.76. The topological polar surface area (TPSA) is 83.7 Å². The van der Waals surface area contributed by atoms with Crippen molar-refractivity contribution in [1.82, 2.24) is 24.1 Å². The molecule has 0 spiro atoms. The Kier molecular flexibility index (Phi) is 4.66. The van der Waals surface area contributed by atoms with Crippen molar-refractivity contribution < 1.29 is 21.6 Å². The minimum Gasteiger partial charge on any atom is -0.353 e. The van der Waals surface area contributed by atoms with E-state index in [1.54, 1.807) is 23.1 Å². The summed E-state index contributed by atoms with van der Waals surface area (Å²) in [4.78, 5) is 2.05. The molecule has 164 valence electrons. The zero-order chi connectivity index (χ0) is 21.8. The minimum absolute atomic E-state index is 0.00565. The van der Waals surface area contributed by atoms with Crippen LogP contribution in [-0.4, -0.2) is 58.7 Å². The molecule has 1 fully saturated rings. The summed E-state index contributed by atoms with van der Waals surface area (Å²) >= 11 is 0. The lowest BCUT2D eigenvalue weighted by atomic mass is 10.1. The smallest absolute Gasteiger partial charge is 0.353 e. The van der Waals surface area contributed by atoms with Gasteiger partial charge in [-0.05, 0) is 54.7 Å². The number of alkyl halides is 3. The maximum Gasteiger partial charge on any atom is 0.453 e. The van der Waals surface area contributed by atoms with E-state index < -0.39 is 22.0 Å². The molecule has 8 nitrogen and oxygen atoms in total. The molecule has 1 aromatic carbocycles. The lowest BCUT2D eigenvalue weighted by Crippen LogP contribution is -2.49. The van der Waals surface area contributed by atoms with Crippen molar-refractivity contribution in [2.45, 2.75) is 30.3 Å². The van der Waals surface area contributed by atoms with Gasteiger partial charge in [-0.25, -0.2) is 8.42 Å². The fourth-order valence-electron chi connectivity index (χ4n) is 4.14. The van der Waals surface area contributed by atoms with Crippen molar-refractivity contribution in [3.8, 4) is 0 Å². The van der Waals surface area contributed by atoms with Crippen LogP contribution in [0.3, 0.4) is 0 Å². The van der Waals surface area contributed by atoms with E-state index in [1.807, 2.05) is 6.07 Å². The van der Waals surface area contributed by atoms with Crippen molar-refractivity contribution in [2.24, 2.45) is 0 Å². The largest absolute Gasteiger partial charge is 0.453 e. The van der Waals surface area contributed by atoms with Gasteiger partial charge in [-0.2, -0.15) is 22.0 Å². The highest BCUT2D eigenvalue weighted by Crippen LogP contribution is 2.29. The summed E-state index contributed by atoms with van der Waals surface area (Å²) in [6.45, 7) is 1.05. The van der Waals surface area contributed by atoms with Crippen LogP contribution in [0.4, 0.5) is 19.0 Å². The van der Waals surface area contributed by atoms with Crippen molar-refractivity contribution >= 4 is 21.5 Å². The van der Waals surface area contributed by atoms with Crippen LogP contribution in [0.2, 0.25) is 0 Å². The lowest BCUT2D eigenvalue weighted by Gasteiger charge is -2.34. The number of anilines is 1. The molecule has 0 saturated carbocycles. The maximum atomic E-state index is 13.1. The number of halogens is 3. The predicted molar refractivity (Wildman–Crippen MR) is 105 cm³/mol. The van der Waals surface area contributed by atoms with Gasteiger partial charge in [-0.1, -0.05) is 6.07 Å². The molecule has 2 aromatic heterocycles. The maximum absolute atomic E-state index is 13.1. The summed E-state index contributed by atoms with van der Waals surface area (Å²) in [5.74, 6) is -0.880. The molecule has 0 N–H and O–H groups in total. The number of nitrogens with zero attached hydrogens (tertiary/aromatic N) is 6. The van der Waals surface area contributed by atoms with Crippen molar-refractivity contribution in [3.05, 3.63) is 47.3 Å². The summed E-state index contributed by atoms with van der Waals surface area (Å²) < 4.78 is 67.5. The Hall–Kier alpha value is -2.73. The number of aryl methyl sites for hydroxylation is 2. The van der Waals surface area contributed by atoms with E-state index in [2.05, 4.69) is 15.3 Å². The van der Waals surface area contributed by atoms with Crippen LogP contribution in [0.5, 0.6) is 0 Å². The van der Waals surface area contributed by atoms with Crippen LogP contribution in [0.1, 0.15) is 23.4 Å². The standard InChI is InChI=1S/C19H19F3N6O2S/c20-19(21,22)18-24-23-16-6-7-17(25-28(16)18)26-8-10-27(11-9-26)31(29,30)15-5-4-13-2-1-3-14(13)12-15/h4-7,12H,1-3,8-11H2. The normalized spacial score (nSPS) is 18.0. The number of hydrogen-bond donors (Lipinski definition) is 0. The van der Waals surface area contributed by atoms with Gasteiger partial charge in [-0.3, -0.25) is 0 Å². The molecule has 5 rings (SSSR count). The number of sulfonamides is 1. The van der Waals surface area contributed by atoms with Crippen molar-refractivity contribution in [1.29, 1.82) is 0 Å². The van der Waals surface area contributed by atoms with Crippen molar-refractivity contribution in [2.75, 3.05) is 31.1 Å². The van der Waals surface area contributed by atoms with E-state index in [1.165, 1.54) is 15.9 Å². The molecule has 1 saturated heterocycles. The van der Waals surface area contributed by atoms with E-state index in [4.69, 9.17) is 0 Å². The number of piperazine rings is 1. The van der Waals surface area contributed by atoms with Crippen molar-refractivity contribution in [3.63, 3.8) is 0 Å². The zero-order valence-electron chi connectivity index (χ0n) is 16.4. The quantitative estimate of drug-likeness (QED) is 0.606. The average molecular weight is 452 g/mol. The number of benzene rings is 1. The van der Waals surface area contributed by atoms with E-state index in [0.29, 0.717) is 28.3 Å². The molecule has 2 aliphatic rings. The van der Waals surface area contributed by atoms with Gasteiger partial charge in [0.1, 0.15) is 5.82 Å². The molecule has 0 radical (unpaired) electrons. The summed E-state index contributed by atoms with van der Waals surface area (Å²) in [7, 11) is -3.63. The molecule has 1 aliphatic carbocycles. The Balaban J connectivity index is 1.34. The van der Waals surface area contributed by atoms with Gasteiger partial charge in [0, 0.05) is 26.2 Å². The summed E-state index contributed by atoms with van der Waals surface area (Å²) in [5.41, 5.74) is 2.29. The molecule has 0 amide bonds. The molecule has 0 atom stereocenters. The van der Waals surface area contributed by atoms with Crippen LogP contribution in [0, 0.1) is 0 Å². The Morgan fingerprint density at radius 2 is 1.65 bits per heavy atom. The van der Waals surface area contributed by atoms with Crippen LogP contribution in [0.25, 0.3) is 5.65 Å². The van der Waals surface area contributed by atoms with E-state index >= 15 is 0 Å². The van der Waals surface area contributed by atoms with Gasteiger partial charge in [0.25, 0.3) is 5.82 Å². The molecule has 3 aromatic rings. The minimum atomic E-state index is -4.67. The lowest BCUT2D eigenvalue weighted by molar-refractivity contribution is -0.146. The van der Waals surface area contributed by atoms with Crippen LogP contribution in [0.15, 0.2) is 35.2 Å². The third kappa shape index (κ3) is 3.53. The Labute approximate surface area is 176 Å². The SMILES string of the molecule is O=S(=O)(c1ccc2c(c1)CCC2)N1CCN(c2ccc3nnc(C(F)(F)F)n3n2)CC1. The second-order valence-electron chi connectivity index (χ2n) is 7.66. The first-order valence-corrected chi connectivity index (χ1v) is 11.3. The predicted octanol–water partition coefficient (Wildman–Crippen LogP) is 2.14. The molecule has 31 heavy (non-hydrogen) atoms.